The van der Waals surface area contributed by atoms with Crippen molar-refractivity contribution in [2.45, 2.75) is 31.1 Å². The Hall–Kier alpha value is -3.58. The Morgan fingerprint density at radius 1 is 0.970 bits per heavy atom. The van der Waals surface area contributed by atoms with E-state index in [1.807, 2.05) is 36.4 Å². The fraction of sp³-hybridized carbons (Fsp3) is 0.269. The average Bonchev–Trinajstić information content (AvgIpc) is 3.07. The van der Waals surface area contributed by atoms with Crippen molar-refractivity contribution >= 4 is 34.2 Å². The SMILES string of the molecule is O=C1CCC(N2C(=O)c3ccc(C4(F)CN(Cc5ccccc5)C4)c4cccc2c34)C(=O)N1. The van der Waals surface area contributed by atoms with E-state index in [2.05, 4.69) is 10.2 Å². The van der Waals surface area contributed by atoms with Crippen LogP contribution in [0.1, 0.15) is 34.3 Å². The number of piperidine rings is 1. The van der Waals surface area contributed by atoms with Crippen molar-refractivity contribution in [3.05, 3.63) is 77.4 Å². The van der Waals surface area contributed by atoms with Gasteiger partial charge in [0.1, 0.15) is 6.04 Å². The molecule has 0 saturated carbocycles. The number of rotatable bonds is 4. The molecule has 3 heterocycles. The van der Waals surface area contributed by atoms with Crippen LogP contribution in [-0.4, -0.2) is 41.8 Å². The van der Waals surface area contributed by atoms with Crippen molar-refractivity contribution in [2.75, 3.05) is 18.0 Å². The highest BCUT2D eigenvalue weighted by Crippen LogP contribution is 2.46. The largest absolute Gasteiger partial charge is 0.295 e. The lowest BCUT2D eigenvalue weighted by Gasteiger charge is -2.45. The minimum absolute atomic E-state index is 0.183. The Kier molecular flexibility index (Phi) is 4.39. The molecule has 33 heavy (non-hydrogen) atoms. The molecule has 6 nitrogen and oxygen atoms in total. The fourth-order valence-electron chi connectivity index (χ4n) is 5.42. The van der Waals surface area contributed by atoms with E-state index in [1.165, 1.54) is 4.90 Å². The Bertz CT molecular complexity index is 1320. The van der Waals surface area contributed by atoms with Crippen LogP contribution in [0, 0.1) is 0 Å². The van der Waals surface area contributed by atoms with Crippen molar-refractivity contribution in [3.8, 4) is 0 Å². The van der Waals surface area contributed by atoms with Crippen LogP contribution in [0.3, 0.4) is 0 Å². The maximum absolute atomic E-state index is 16.0. The number of nitrogens with one attached hydrogen (secondary N) is 1. The third kappa shape index (κ3) is 3.07. The van der Waals surface area contributed by atoms with E-state index >= 15 is 4.39 Å². The first-order chi connectivity index (χ1) is 15.9. The topological polar surface area (TPSA) is 69.7 Å². The smallest absolute Gasteiger partial charge is 0.259 e. The third-order valence-electron chi connectivity index (χ3n) is 6.93. The lowest BCUT2D eigenvalue weighted by molar-refractivity contribution is -0.134. The van der Waals surface area contributed by atoms with Crippen LogP contribution in [0.5, 0.6) is 0 Å². The van der Waals surface area contributed by atoms with E-state index < -0.39 is 17.6 Å². The number of hydrogen-bond donors (Lipinski definition) is 1. The van der Waals surface area contributed by atoms with E-state index in [0.717, 1.165) is 5.56 Å². The van der Waals surface area contributed by atoms with Gasteiger partial charge in [-0.25, -0.2) is 4.39 Å². The summed E-state index contributed by atoms with van der Waals surface area (Å²) in [4.78, 5) is 40.9. The molecule has 3 aromatic carbocycles. The van der Waals surface area contributed by atoms with Crippen LogP contribution < -0.4 is 10.2 Å². The number of benzene rings is 3. The van der Waals surface area contributed by atoms with E-state index in [-0.39, 0.29) is 37.7 Å². The van der Waals surface area contributed by atoms with Gasteiger partial charge in [-0.1, -0.05) is 48.5 Å². The summed E-state index contributed by atoms with van der Waals surface area (Å²) in [5, 5.41) is 3.71. The summed E-state index contributed by atoms with van der Waals surface area (Å²) in [5.74, 6) is -1.08. The van der Waals surface area contributed by atoms with Crippen molar-refractivity contribution in [1.29, 1.82) is 0 Å². The fourth-order valence-corrected chi connectivity index (χ4v) is 5.42. The lowest BCUT2D eigenvalue weighted by atomic mass is 9.83. The summed E-state index contributed by atoms with van der Waals surface area (Å²) in [5.41, 5.74) is 1.29. The number of likely N-dealkylation sites (tertiary alicyclic amines) is 1. The highest BCUT2D eigenvalue weighted by molar-refractivity contribution is 6.27. The summed E-state index contributed by atoms with van der Waals surface area (Å²) in [6.07, 6.45) is 0.456. The molecule has 7 heteroatoms. The number of anilines is 1. The Morgan fingerprint density at radius 3 is 2.52 bits per heavy atom. The quantitative estimate of drug-likeness (QED) is 0.629. The molecular weight excluding hydrogens is 421 g/mol. The van der Waals surface area contributed by atoms with Gasteiger partial charge in [-0.15, -0.1) is 0 Å². The zero-order valence-electron chi connectivity index (χ0n) is 17.9. The van der Waals surface area contributed by atoms with Gasteiger partial charge in [0.15, 0.2) is 5.67 Å². The number of carbonyl (C=O) groups excluding carboxylic acids is 3. The van der Waals surface area contributed by atoms with E-state index in [1.54, 1.807) is 24.3 Å². The summed E-state index contributed by atoms with van der Waals surface area (Å²) in [6, 6.07) is 18.1. The molecule has 0 bridgehead atoms. The summed E-state index contributed by atoms with van der Waals surface area (Å²) < 4.78 is 16.0. The second kappa shape index (κ2) is 7.22. The molecule has 3 aromatic rings. The zero-order valence-corrected chi connectivity index (χ0v) is 17.9. The van der Waals surface area contributed by atoms with E-state index in [9.17, 15) is 14.4 Å². The van der Waals surface area contributed by atoms with Crippen LogP contribution in [0.2, 0.25) is 0 Å². The van der Waals surface area contributed by atoms with Crippen LogP contribution in [0.15, 0.2) is 60.7 Å². The van der Waals surface area contributed by atoms with Crippen molar-refractivity contribution in [1.82, 2.24) is 10.2 Å². The Morgan fingerprint density at radius 2 is 1.76 bits per heavy atom. The summed E-state index contributed by atoms with van der Waals surface area (Å²) >= 11 is 0. The van der Waals surface area contributed by atoms with Crippen LogP contribution in [0.4, 0.5) is 10.1 Å². The minimum atomic E-state index is -1.50. The molecule has 6 rings (SSSR count). The van der Waals surface area contributed by atoms with Crippen molar-refractivity contribution in [2.24, 2.45) is 0 Å². The highest BCUT2D eigenvalue weighted by Gasteiger charge is 2.47. The molecule has 2 fully saturated rings. The number of amides is 3. The van der Waals surface area contributed by atoms with Crippen LogP contribution in [0.25, 0.3) is 10.8 Å². The first-order valence-corrected chi connectivity index (χ1v) is 11.1. The molecule has 0 aliphatic carbocycles. The number of alkyl halides is 1. The van der Waals surface area contributed by atoms with Crippen molar-refractivity contribution < 1.29 is 18.8 Å². The van der Waals surface area contributed by atoms with Gasteiger partial charge in [0, 0.05) is 37.0 Å². The van der Waals surface area contributed by atoms with Gasteiger partial charge < -0.3 is 0 Å². The van der Waals surface area contributed by atoms with Gasteiger partial charge in [0.2, 0.25) is 11.8 Å². The molecule has 3 amide bonds. The minimum Gasteiger partial charge on any atom is -0.295 e. The molecule has 1 atom stereocenters. The molecule has 3 aliphatic rings. The standard InChI is InChI=1S/C26H22FN3O3/c27-26(14-29(15-26)13-16-5-2-1-3-6-16)19-10-9-18-23-17(19)7-4-8-20(23)30(25(18)33)21-11-12-22(31)28-24(21)32/h1-10,21H,11-15H2,(H,28,31,32). The maximum Gasteiger partial charge on any atom is 0.259 e. The molecule has 2 saturated heterocycles. The van der Waals surface area contributed by atoms with Gasteiger partial charge in [0.25, 0.3) is 5.91 Å². The molecule has 1 unspecified atom stereocenters. The number of carbonyl (C=O) groups is 3. The van der Waals surface area contributed by atoms with E-state index in [4.69, 9.17) is 0 Å². The molecule has 0 spiro atoms. The van der Waals surface area contributed by atoms with Gasteiger partial charge in [-0.05, 0) is 35.1 Å². The van der Waals surface area contributed by atoms with Crippen LogP contribution >= 0.6 is 0 Å². The average molecular weight is 443 g/mol. The molecule has 1 N–H and O–H groups in total. The van der Waals surface area contributed by atoms with E-state index in [0.29, 0.717) is 34.1 Å². The molecule has 0 aromatic heterocycles. The van der Waals surface area contributed by atoms with Gasteiger partial charge in [0.05, 0.1) is 5.69 Å². The maximum atomic E-state index is 16.0. The lowest BCUT2D eigenvalue weighted by Crippen LogP contribution is -2.56. The second-order valence-corrected chi connectivity index (χ2v) is 9.10. The van der Waals surface area contributed by atoms with Gasteiger partial charge in [-0.2, -0.15) is 0 Å². The number of halogens is 1. The monoisotopic (exact) mass is 443 g/mol. The Balaban J connectivity index is 1.34. The molecule has 166 valence electrons. The van der Waals surface area contributed by atoms with Gasteiger partial charge >= 0.3 is 0 Å². The second-order valence-electron chi connectivity index (χ2n) is 9.10. The predicted molar refractivity (Wildman–Crippen MR) is 121 cm³/mol. The number of imide groups is 1. The normalized spacial score (nSPS) is 21.9. The first kappa shape index (κ1) is 20.1. The van der Waals surface area contributed by atoms with Gasteiger partial charge in [-0.3, -0.25) is 29.5 Å². The highest BCUT2D eigenvalue weighted by atomic mass is 19.1. The summed E-state index contributed by atoms with van der Waals surface area (Å²) in [7, 11) is 0. The number of nitrogens with zero attached hydrogens (tertiary/aromatic N) is 2. The number of hydrogen-bond acceptors (Lipinski definition) is 4. The molecule has 0 radical (unpaired) electrons. The zero-order chi connectivity index (χ0) is 22.7. The molecular formula is C26H22FN3O3. The summed E-state index contributed by atoms with van der Waals surface area (Å²) in [6.45, 7) is 1.26. The first-order valence-electron chi connectivity index (χ1n) is 11.1. The molecule has 3 aliphatic heterocycles. The Labute approximate surface area is 190 Å². The predicted octanol–water partition coefficient (Wildman–Crippen LogP) is 3.29. The third-order valence-corrected chi connectivity index (χ3v) is 6.93. The van der Waals surface area contributed by atoms with Crippen molar-refractivity contribution in [3.63, 3.8) is 0 Å². The van der Waals surface area contributed by atoms with Crippen LogP contribution in [-0.2, 0) is 21.8 Å².